The number of esters is 1. The summed E-state index contributed by atoms with van der Waals surface area (Å²) in [6, 6.07) is 18.2. The summed E-state index contributed by atoms with van der Waals surface area (Å²) in [6.45, 7) is 2.08. The minimum Gasteiger partial charge on any atom is -0.469 e. The number of carbonyl (C=O) groups is 1. The number of hydrogen-bond donors (Lipinski definition) is 0. The number of para-hydroxylation sites is 1. The average Bonchev–Trinajstić information content (AvgIpc) is 3.60. The first-order valence-electron chi connectivity index (χ1n) is 11.2. The molecule has 2 saturated heterocycles. The predicted octanol–water partition coefficient (Wildman–Crippen LogP) is 5.09. The SMILES string of the molecule is COC(=O)C1CC1COC[C@]12CC[C@@](c3cccc(Oc4ccccc4)c3)(CC1)OC2. The topological polar surface area (TPSA) is 54.0 Å². The van der Waals surface area contributed by atoms with Crippen molar-refractivity contribution >= 4 is 5.97 Å². The third-order valence-electron chi connectivity index (χ3n) is 7.28. The van der Waals surface area contributed by atoms with Crippen LogP contribution in [0.5, 0.6) is 11.5 Å². The van der Waals surface area contributed by atoms with E-state index in [0.717, 1.165) is 50.2 Å². The minimum absolute atomic E-state index is 0.0366. The normalized spacial score (nSPS) is 31.3. The van der Waals surface area contributed by atoms with E-state index >= 15 is 0 Å². The van der Waals surface area contributed by atoms with Crippen molar-refractivity contribution in [3.05, 3.63) is 60.2 Å². The molecule has 0 radical (unpaired) electrons. The number of benzene rings is 2. The van der Waals surface area contributed by atoms with E-state index in [2.05, 4.69) is 18.2 Å². The Balaban J connectivity index is 1.17. The van der Waals surface area contributed by atoms with Crippen molar-refractivity contribution in [2.45, 2.75) is 37.7 Å². The van der Waals surface area contributed by atoms with Gasteiger partial charge in [0, 0.05) is 5.41 Å². The minimum atomic E-state index is -0.218. The Hall–Kier alpha value is -2.37. The maximum absolute atomic E-state index is 11.6. The molecular formula is C26H30O5. The molecule has 0 aromatic heterocycles. The van der Waals surface area contributed by atoms with Crippen LogP contribution in [0.3, 0.4) is 0 Å². The van der Waals surface area contributed by atoms with Crippen LogP contribution in [0.15, 0.2) is 54.6 Å². The summed E-state index contributed by atoms with van der Waals surface area (Å²) in [7, 11) is 1.45. The van der Waals surface area contributed by atoms with Gasteiger partial charge in [0.15, 0.2) is 0 Å². The van der Waals surface area contributed by atoms with Crippen LogP contribution in [0.4, 0.5) is 0 Å². The molecule has 2 bridgehead atoms. The molecule has 2 aliphatic heterocycles. The zero-order valence-electron chi connectivity index (χ0n) is 18.0. The quantitative estimate of drug-likeness (QED) is 0.555. The zero-order valence-corrected chi connectivity index (χ0v) is 18.0. The van der Waals surface area contributed by atoms with E-state index in [4.69, 9.17) is 18.9 Å². The van der Waals surface area contributed by atoms with Gasteiger partial charge in [0.25, 0.3) is 0 Å². The van der Waals surface area contributed by atoms with Crippen LogP contribution in [-0.2, 0) is 24.6 Å². The molecule has 2 heterocycles. The van der Waals surface area contributed by atoms with Gasteiger partial charge < -0.3 is 18.9 Å². The largest absolute Gasteiger partial charge is 0.469 e. The smallest absolute Gasteiger partial charge is 0.309 e. The van der Waals surface area contributed by atoms with Gasteiger partial charge in [-0.1, -0.05) is 30.3 Å². The molecule has 2 aromatic rings. The fraction of sp³-hybridized carbons (Fsp3) is 0.500. The molecule has 164 valence electrons. The monoisotopic (exact) mass is 422 g/mol. The van der Waals surface area contributed by atoms with E-state index < -0.39 is 0 Å². The molecule has 6 rings (SSSR count). The third kappa shape index (κ3) is 4.21. The Kier molecular flexibility index (Phi) is 5.49. The van der Waals surface area contributed by atoms with Gasteiger partial charge in [0.1, 0.15) is 11.5 Å². The Morgan fingerprint density at radius 3 is 2.52 bits per heavy atom. The van der Waals surface area contributed by atoms with Crippen LogP contribution in [0.2, 0.25) is 0 Å². The van der Waals surface area contributed by atoms with E-state index in [1.807, 2.05) is 36.4 Å². The Labute approximate surface area is 183 Å². The van der Waals surface area contributed by atoms with Crippen LogP contribution in [0, 0.1) is 17.3 Å². The van der Waals surface area contributed by atoms with Crippen molar-refractivity contribution in [1.29, 1.82) is 0 Å². The second-order valence-electron chi connectivity index (χ2n) is 9.37. The van der Waals surface area contributed by atoms with Gasteiger partial charge in [0.2, 0.25) is 0 Å². The lowest BCUT2D eigenvalue weighted by Crippen LogP contribution is -2.51. The molecular weight excluding hydrogens is 392 g/mol. The van der Waals surface area contributed by atoms with Crippen LogP contribution in [-0.4, -0.2) is 32.9 Å². The Morgan fingerprint density at radius 1 is 1.03 bits per heavy atom. The lowest BCUT2D eigenvalue weighted by Gasteiger charge is -2.53. The van der Waals surface area contributed by atoms with Crippen molar-refractivity contribution in [1.82, 2.24) is 0 Å². The average molecular weight is 423 g/mol. The van der Waals surface area contributed by atoms with Gasteiger partial charge >= 0.3 is 5.97 Å². The van der Waals surface area contributed by atoms with Crippen molar-refractivity contribution in [3.8, 4) is 11.5 Å². The first kappa shape index (κ1) is 20.5. The van der Waals surface area contributed by atoms with Crippen molar-refractivity contribution in [2.24, 2.45) is 17.3 Å². The van der Waals surface area contributed by atoms with E-state index in [9.17, 15) is 4.79 Å². The van der Waals surface area contributed by atoms with Crippen molar-refractivity contribution < 1.29 is 23.7 Å². The summed E-state index contributed by atoms with van der Waals surface area (Å²) in [5, 5.41) is 0. The molecule has 5 nitrogen and oxygen atoms in total. The predicted molar refractivity (Wildman–Crippen MR) is 116 cm³/mol. The highest BCUT2D eigenvalue weighted by molar-refractivity contribution is 5.75. The summed E-state index contributed by atoms with van der Waals surface area (Å²) in [5.41, 5.74) is 1.09. The van der Waals surface area contributed by atoms with Crippen LogP contribution in [0.25, 0.3) is 0 Å². The number of hydrogen-bond acceptors (Lipinski definition) is 5. The molecule has 2 saturated carbocycles. The Bertz CT molecular complexity index is 900. The van der Waals surface area contributed by atoms with Gasteiger partial charge in [-0.2, -0.15) is 0 Å². The first-order valence-corrected chi connectivity index (χ1v) is 11.2. The second-order valence-corrected chi connectivity index (χ2v) is 9.37. The number of methoxy groups -OCH3 is 1. The van der Waals surface area contributed by atoms with Crippen LogP contribution in [0.1, 0.15) is 37.7 Å². The number of carbonyl (C=O) groups excluding carboxylic acids is 1. The number of rotatable bonds is 8. The van der Waals surface area contributed by atoms with Crippen molar-refractivity contribution in [2.75, 3.05) is 26.9 Å². The summed E-state index contributed by atoms with van der Waals surface area (Å²) < 4.78 is 23.4. The number of fused-ring (bicyclic) bond motifs is 3. The Morgan fingerprint density at radius 2 is 1.81 bits per heavy atom. The van der Waals surface area contributed by atoms with E-state index in [0.29, 0.717) is 19.1 Å². The van der Waals surface area contributed by atoms with E-state index in [-0.39, 0.29) is 22.9 Å². The highest BCUT2D eigenvalue weighted by Crippen LogP contribution is 2.54. The molecule has 2 aromatic carbocycles. The fourth-order valence-electron chi connectivity index (χ4n) is 5.09. The maximum Gasteiger partial charge on any atom is 0.309 e. The van der Waals surface area contributed by atoms with Gasteiger partial charge in [-0.15, -0.1) is 0 Å². The van der Waals surface area contributed by atoms with E-state index in [1.165, 1.54) is 12.7 Å². The van der Waals surface area contributed by atoms with Gasteiger partial charge in [-0.25, -0.2) is 0 Å². The molecule has 5 heteroatoms. The maximum atomic E-state index is 11.6. The molecule has 2 unspecified atom stereocenters. The van der Waals surface area contributed by atoms with Crippen LogP contribution >= 0.6 is 0 Å². The van der Waals surface area contributed by atoms with Crippen LogP contribution < -0.4 is 4.74 Å². The lowest BCUT2D eigenvalue weighted by molar-refractivity contribution is -0.205. The lowest BCUT2D eigenvalue weighted by atomic mass is 9.64. The molecule has 0 spiro atoms. The first-order chi connectivity index (χ1) is 15.1. The van der Waals surface area contributed by atoms with Gasteiger partial charge in [0.05, 0.1) is 38.4 Å². The zero-order chi connectivity index (χ0) is 21.3. The fourth-order valence-corrected chi connectivity index (χ4v) is 5.09. The molecule has 2 aliphatic carbocycles. The highest BCUT2D eigenvalue weighted by Gasteiger charge is 2.51. The summed E-state index contributed by atoms with van der Waals surface area (Å²) in [4.78, 5) is 11.6. The summed E-state index contributed by atoms with van der Waals surface area (Å²) in [6.07, 6.45) is 5.09. The molecule has 0 amide bonds. The summed E-state index contributed by atoms with van der Waals surface area (Å²) >= 11 is 0. The highest BCUT2D eigenvalue weighted by atomic mass is 16.5. The molecule has 0 N–H and O–H groups in total. The number of ether oxygens (including phenoxy) is 4. The van der Waals surface area contributed by atoms with Gasteiger partial charge in [-0.3, -0.25) is 4.79 Å². The van der Waals surface area contributed by atoms with Gasteiger partial charge in [-0.05, 0) is 67.9 Å². The second kappa shape index (κ2) is 8.29. The third-order valence-corrected chi connectivity index (χ3v) is 7.28. The molecule has 31 heavy (non-hydrogen) atoms. The molecule has 4 fully saturated rings. The summed E-state index contributed by atoms with van der Waals surface area (Å²) in [5.74, 6) is 1.94. The van der Waals surface area contributed by atoms with E-state index in [1.54, 1.807) is 0 Å². The standard InChI is InChI=1S/C26H30O5/c1-28-24(27)23-14-19(23)16-29-17-25-10-12-26(13-11-25,30-18-25)20-6-5-9-22(15-20)31-21-7-3-2-4-8-21/h2-9,15,19,23H,10-14,16-18H2,1H3/t19?,23?,25-,26-. The molecule has 2 atom stereocenters. The van der Waals surface area contributed by atoms with Crippen molar-refractivity contribution in [3.63, 3.8) is 0 Å². The molecule has 4 aliphatic rings.